The van der Waals surface area contributed by atoms with Crippen molar-refractivity contribution in [2.75, 3.05) is 0 Å². The number of nitrogens with zero attached hydrogens (tertiary/aromatic N) is 4. The number of carboxylic acid groups (broad SMARTS) is 4. The predicted octanol–water partition coefficient (Wildman–Crippen LogP) is 2.65. The van der Waals surface area contributed by atoms with Crippen molar-refractivity contribution in [3.63, 3.8) is 0 Å². The maximum Gasteiger partial charge on any atom is 2.00 e. The number of nitrogens with one attached hydrogen (secondary N) is 4. The van der Waals surface area contributed by atoms with Gasteiger partial charge in [-0.2, -0.15) is 0 Å². The fourth-order valence-corrected chi connectivity index (χ4v) is 4.39. The van der Waals surface area contributed by atoms with Crippen molar-refractivity contribution in [1.29, 1.82) is 0 Å². The summed E-state index contributed by atoms with van der Waals surface area (Å²) in [6, 6.07) is 26.5. The second kappa shape index (κ2) is 38.8. The average molecular weight is 1030 g/mol. The molecule has 0 atom stereocenters. The van der Waals surface area contributed by atoms with Crippen LogP contribution in [0.15, 0.2) is 147 Å². The molecule has 0 saturated carbocycles. The fourth-order valence-electron chi connectivity index (χ4n) is 4.39. The summed E-state index contributed by atoms with van der Waals surface area (Å²) < 4.78 is 0. The van der Waals surface area contributed by atoms with Crippen molar-refractivity contribution in [3.8, 4) is 0 Å². The minimum absolute atomic E-state index is 0. The third-order valence-corrected chi connectivity index (χ3v) is 7.55. The second-order valence-electron chi connectivity index (χ2n) is 13.6. The number of aromatic nitrogens is 8. The Bertz CT molecular complexity index is 2170. The minimum Gasteiger partial charge on any atom is -0.545 e. The van der Waals surface area contributed by atoms with Gasteiger partial charge in [0.15, 0.2) is 0 Å². The number of H-pyrrole nitrogens is 4. The summed E-state index contributed by atoms with van der Waals surface area (Å²) in [5.74, 6) is -4.49. The van der Waals surface area contributed by atoms with Crippen LogP contribution in [0.1, 0.15) is 86.5 Å². The van der Waals surface area contributed by atoms with E-state index in [0.29, 0.717) is 0 Å². The Kier molecular flexibility index (Phi) is 38.3. The van der Waals surface area contributed by atoms with Crippen LogP contribution in [0.5, 0.6) is 0 Å². The monoisotopic (exact) mass is 1030 g/mol. The number of aromatic amines is 4. The Morgan fingerprint density at radius 3 is 0.603 bits per heavy atom. The first-order valence-electron chi connectivity index (χ1n) is 19.3. The smallest absolute Gasteiger partial charge is 0.545 e. The van der Waals surface area contributed by atoms with Crippen LogP contribution >= 0.6 is 0 Å². The van der Waals surface area contributed by atoms with Gasteiger partial charge in [-0.25, -0.2) is 19.9 Å². The van der Waals surface area contributed by atoms with Crippen LogP contribution in [0.3, 0.4) is 0 Å². The molecule has 0 unspecified atom stereocenters. The topological polar surface area (TPSA) is 338 Å². The van der Waals surface area contributed by atoms with Gasteiger partial charge >= 0.3 is 34.1 Å². The van der Waals surface area contributed by atoms with Crippen molar-refractivity contribution < 1.29 is 84.7 Å². The summed E-state index contributed by atoms with van der Waals surface area (Å²) in [7, 11) is 0. The zero-order chi connectivity index (χ0) is 47.9. The van der Waals surface area contributed by atoms with Crippen LogP contribution in [0.25, 0.3) is 0 Å². The molecule has 370 valence electrons. The van der Waals surface area contributed by atoms with Crippen molar-refractivity contribution in [2.24, 2.45) is 0 Å². The second-order valence-corrected chi connectivity index (χ2v) is 13.6. The molecule has 68 heavy (non-hydrogen) atoms. The van der Waals surface area contributed by atoms with Gasteiger partial charge in [0.1, 0.15) is 0 Å². The van der Waals surface area contributed by atoms with E-state index in [0.717, 1.165) is 45.0 Å². The van der Waals surface area contributed by atoms with Crippen LogP contribution in [-0.2, 0) is 34.1 Å². The van der Waals surface area contributed by atoms with Gasteiger partial charge in [0.25, 0.3) is 0 Å². The Morgan fingerprint density at radius 2 is 0.529 bits per heavy atom. The Hall–Kier alpha value is -7.44. The molecule has 0 aliphatic rings. The number of carbonyl (C=O) groups excluding carboxylic acids is 4. The zero-order valence-corrected chi connectivity index (χ0v) is 40.4. The van der Waals surface area contributed by atoms with Crippen LogP contribution in [-0.4, -0.2) is 74.7 Å². The number of rotatable bonds is 4. The van der Waals surface area contributed by atoms with Gasteiger partial charge in [0, 0.05) is 47.6 Å². The van der Waals surface area contributed by atoms with E-state index in [1.54, 1.807) is 98.6 Å². The standard InChI is InChI=1S/4C8H8O2.4C4H6N2.2Cu.2H2O/c4*1-6-3-2-4-7(5-6)8(9)10;4*1-4-2-5-3-6-4;;;;/h4*2-5H,1H3,(H,9,10);4*2-3H,1H3,(H,5,6);;;2*1H2/q;;;;;;;;2*+2;;/p-4. The van der Waals surface area contributed by atoms with Crippen molar-refractivity contribution in [2.45, 2.75) is 55.4 Å². The largest absolute Gasteiger partial charge is 2.00 e. The summed E-state index contributed by atoms with van der Waals surface area (Å²) >= 11 is 0. The normalized spacial score (nSPS) is 8.59. The molecule has 4 aromatic carbocycles. The fraction of sp³-hybridized carbons (Fsp3) is 0.167. The molecule has 8 aromatic rings. The molecular formula is C48H56Cu2N8O10. The molecule has 4 heterocycles. The maximum atomic E-state index is 10.2. The third kappa shape index (κ3) is 33.1. The van der Waals surface area contributed by atoms with E-state index in [-0.39, 0.29) is 67.3 Å². The van der Waals surface area contributed by atoms with E-state index in [1.807, 2.05) is 79.7 Å². The number of aryl methyl sites for hydroxylation is 8. The van der Waals surface area contributed by atoms with Gasteiger partial charge in [0.05, 0.1) is 49.2 Å². The molecule has 0 aliphatic carbocycles. The number of carbonyl (C=O) groups is 4. The Morgan fingerprint density at radius 1 is 0.353 bits per heavy atom. The molecule has 0 spiro atoms. The van der Waals surface area contributed by atoms with Crippen molar-refractivity contribution in [3.05, 3.63) is 214 Å². The molecule has 0 saturated heterocycles. The summed E-state index contributed by atoms with van der Waals surface area (Å²) in [4.78, 5) is 67.6. The molecule has 18 nitrogen and oxygen atoms in total. The van der Waals surface area contributed by atoms with Gasteiger partial charge in [-0.1, -0.05) is 119 Å². The van der Waals surface area contributed by atoms with Gasteiger partial charge < -0.3 is 70.5 Å². The summed E-state index contributed by atoms with van der Waals surface area (Å²) in [6.45, 7) is 15.2. The first-order chi connectivity index (χ1) is 30.4. The van der Waals surface area contributed by atoms with Crippen LogP contribution in [0, 0.1) is 55.4 Å². The minimum atomic E-state index is -1.12. The van der Waals surface area contributed by atoms with Gasteiger partial charge in [-0.3, -0.25) is 0 Å². The average Bonchev–Trinajstić information content (AvgIpc) is 4.12. The first-order valence-corrected chi connectivity index (χ1v) is 19.3. The van der Waals surface area contributed by atoms with E-state index in [9.17, 15) is 39.6 Å². The number of imidazole rings is 4. The number of aromatic carboxylic acids is 4. The van der Waals surface area contributed by atoms with Gasteiger partial charge in [-0.15, -0.1) is 0 Å². The third-order valence-electron chi connectivity index (χ3n) is 7.55. The maximum absolute atomic E-state index is 10.2. The van der Waals surface area contributed by atoms with Gasteiger partial charge in [-0.05, 0) is 77.6 Å². The van der Waals surface area contributed by atoms with Crippen LogP contribution < -0.4 is 20.4 Å². The number of benzene rings is 4. The van der Waals surface area contributed by atoms with E-state index in [2.05, 4.69) is 39.9 Å². The molecule has 0 bridgehead atoms. The molecule has 8 N–H and O–H groups in total. The molecule has 0 fully saturated rings. The van der Waals surface area contributed by atoms with Crippen LogP contribution in [0.4, 0.5) is 0 Å². The van der Waals surface area contributed by atoms with Crippen LogP contribution in [0.2, 0.25) is 0 Å². The Labute approximate surface area is 416 Å². The quantitative estimate of drug-likeness (QED) is 0.185. The molecule has 2 radical (unpaired) electrons. The zero-order valence-electron chi connectivity index (χ0n) is 38.5. The molecule has 0 aliphatic heterocycles. The summed E-state index contributed by atoms with van der Waals surface area (Å²) in [6.07, 6.45) is 13.8. The molecule has 8 rings (SSSR count). The summed E-state index contributed by atoms with van der Waals surface area (Å²) in [5, 5.41) is 41.0. The number of carboxylic acids is 4. The van der Waals surface area contributed by atoms with E-state index in [4.69, 9.17) is 0 Å². The Balaban J connectivity index is -0.000000345. The number of hydrogen-bond acceptors (Lipinski definition) is 12. The molecule has 20 heteroatoms. The van der Waals surface area contributed by atoms with Gasteiger partial charge in [0.2, 0.25) is 0 Å². The predicted molar refractivity (Wildman–Crippen MR) is 243 cm³/mol. The van der Waals surface area contributed by atoms with E-state index >= 15 is 0 Å². The molecule has 4 aromatic heterocycles. The first kappa shape index (κ1) is 67.2. The SMILES string of the molecule is Cc1cccc(C(=O)[O-])c1.Cc1cccc(C(=O)[O-])c1.Cc1cccc(C(=O)[O-])c1.Cc1cccc(C(=O)[O-])c1.Cc1cnc[nH]1.Cc1cnc[nH]1.Cc1cnc[nH]1.Cc1cnc[nH]1.O.O.[Cu+2].[Cu+2]. The number of hydrogen-bond donors (Lipinski definition) is 4. The molecular weight excluding hydrogens is 976 g/mol. The van der Waals surface area contributed by atoms with E-state index < -0.39 is 23.9 Å². The summed E-state index contributed by atoms with van der Waals surface area (Å²) in [5.41, 5.74) is 9.10. The van der Waals surface area contributed by atoms with Crippen molar-refractivity contribution in [1.82, 2.24) is 39.9 Å². The van der Waals surface area contributed by atoms with E-state index in [1.165, 1.54) is 24.3 Å². The molecule has 0 amide bonds. The van der Waals surface area contributed by atoms with Crippen molar-refractivity contribution >= 4 is 23.9 Å².